The van der Waals surface area contributed by atoms with Crippen LogP contribution in [-0.2, 0) is 9.59 Å². The zero-order valence-corrected chi connectivity index (χ0v) is 17.0. The molecule has 0 aliphatic heterocycles. The van der Waals surface area contributed by atoms with Gasteiger partial charge in [0.25, 0.3) is 0 Å². The van der Waals surface area contributed by atoms with E-state index >= 15 is 0 Å². The van der Waals surface area contributed by atoms with E-state index in [1.165, 1.54) is 32.1 Å². The van der Waals surface area contributed by atoms with E-state index in [0.29, 0.717) is 5.92 Å². The van der Waals surface area contributed by atoms with Crippen LogP contribution in [0.15, 0.2) is 11.1 Å². The van der Waals surface area contributed by atoms with Crippen molar-refractivity contribution in [3.05, 3.63) is 11.1 Å². The molecule has 0 bridgehead atoms. The standard InChI is InChI=1S/C22H38O2/c1-8-9-10-11-12-15(2)13-14-18-19(22(5,6)7)21(24)17(4)16(3)20(18)23/h15-17H,8-14H2,1-7H3. The van der Waals surface area contributed by atoms with Gasteiger partial charge in [-0.2, -0.15) is 0 Å². The minimum Gasteiger partial charge on any atom is -0.294 e. The van der Waals surface area contributed by atoms with Crippen LogP contribution < -0.4 is 0 Å². The van der Waals surface area contributed by atoms with E-state index in [0.717, 1.165) is 24.0 Å². The zero-order chi connectivity index (χ0) is 18.5. The lowest BCUT2D eigenvalue weighted by Crippen LogP contribution is -2.38. The number of carbonyl (C=O) groups is 2. The van der Waals surface area contributed by atoms with Gasteiger partial charge in [0.2, 0.25) is 0 Å². The molecule has 1 aliphatic carbocycles. The molecule has 0 heterocycles. The van der Waals surface area contributed by atoms with Crippen LogP contribution >= 0.6 is 0 Å². The number of hydrogen-bond acceptors (Lipinski definition) is 2. The molecule has 1 aliphatic rings. The maximum Gasteiger partial charge on any atom is 0.163 e. The first-order valence-corrected chi connectivity index (χ1v) is 9.93. The quantitative estimate of drug-likeness (QED) is 0.500. The normalized spacial score (nSPS) is 23.8. The molecule has 2 heteroatoms. The summed E-state index contributed by atoms with van der Waals surface area (Å²) < 4.78 is 0. The summed E-state index contributed by atoms with van der Waals surface area (Å²) in [6.07, 6.45) is 8.18. The van der Waals surface area contributed by atoms with Gasteiger partial charge in [0.05, 0.1) is 0 Å². The van der Waals surface area contributed by atoms with Crippen LogP contribution in [0.5, 0.6) is 0 Å². The second-order valence-corrected chi connectivity index (χ2v) is 8.90. The summed E-state index contributed by atoms with van der Waals surface area (Å²) in [5.41, 5.74) is 1.38. The first kappa shape index (κ1) is 21.1. The zero-order valence-electron chi connectivity index (χ0n) is 17.0. The SMILES string of the molecule is CCCCCCC(C)CCC1=C(C(C)(C)C)C(=O)C(C)C(C)C1=O. The summed E-state index contributed by atoms with van der Waals surface area (Å²) in [5.74, 6) is 0.680. The van der Waals surface area contributed by atoms with Crippen molar-refractivity contribution in [2.75, 3.05) is 0 Å². The number of hydrogen-bond donors (Lipinski definition) is 0. The molecule has 0 fully saturated rings. The summed E-state index contributed by atoms with van der Waals surface area (Å²) in [6, 6.07) is 0. The Labute approximate surface area is 149 Å². The van der Waals surface area contributed by atoms with E-state index in [1.807, 2.05) is 13.8 Å². The van der Waals surface area contributed by atoms with Crippen LogP contribution in [0, 0.1) is 23.2 Å². The van der Waals surface area contributed by atoms with Crippen molar-refractivity contribution in [2.45, 2.75) is 93.4 Å². The van der Waals surface area contributed by atoms with Gasteiger partial charge in [-0.3, -0.25) is 9.59 Å². The summed E-state index contributed by atoms with van der Waals surface area (Å²) in [7, 11) is 0. The maximum atomic E-state index is 12.8. The van der Waals surface area contributed by atoms with Crippen LogP contribution in [0.3, 0.4) is 0 Å². The Balaban J connectivity index is 2.85. The average Bonchev–Trinajstić information content (AvgIpc) is 2.50. The molecule has 3 unspecified atom stereocenters. The van der Waals surface area contributed by atoms with E-state index < -0.39 is 0 Å². The van der Waals surface area contributed by atoms with Crippen molar-refractivity contribution >= 4 is 11.6 Å². The maximum absolute atomic E-state index is 12.8. The average molecular weight is 335 g/mol. The molecular formula is C22H38O2. The molecule has 0 spiro atoms. The fraction of sp³-hybridized carbons (Fsp3) is 0.818. The highest BCUT2D eigenvalue weighted by molar-refractivity contribution is 6.14. The molecule has 3 atom stereocenters. The van der Waals surface area contributed by atoms with Gasteiger partial charge in [0.1, 0.15) is 0 Å². The van der Waals surface area contributed by atoms with Gasteiger partial charge in [-0.15, -0.1) is 0 Å². The predicted molar refractivity (Wildman–Crippen MR) is 102 cm³/mol. The van der Waals surface area contributed by atoms with E-state index in [1.54, 1.807) is 0 Å². The molecular weight excluding hydrogens is 296 g/mol. The first-order chi connectivity index (χ1) is 11.1. The fourth-order valence-corrected chi connectivity index (χ4v) is 3.75. The molecule has 2 nitrogen and oxygen atoms in total. The molecule has 24 heavy (non-hydrogen) atoms. The molecule has 0 N–H and O–H groups in total. The van der Waals surface area contributed by atoms with E-state index in [-0.39, 0.29) is 28.8 Å². The Hall–Kier alpha value is -0.920. The lowest BCUT2D eigenvalue weighted by atomic mass is 9.67. The largest absolute Gasteiger partial charge is 0.294 e. The highest BCUT2D eigenvalue weighted by Gasteiger charge is 2.41. The Bertz CT molecular complexity index is 479. The van der Waals surface area contributed by atoms with Crippen molar-refractivity contribution in [1.29, 1.82) is 0 Å². The Morgan fingerprint density at radius 2 is 1.50 bits per heavy atom. The van der Waals surface area contributed by atoms with Gasteiger partial charge in [-0.25, -0.2) is 0 Å². The minimum absolute atomic E-state index is 0.168. The fourth-order valence-electron chi connectivity index (χ4n) is 3.75. The highest BCUT2D eigenvalue weighted by atomic mass is 16.1. The molecule has 0 radical (unpaired) electrons. The van der Waals surface area contributed by atoms with Crippen LogP contribution in [0.25, 0.3) is 0 Å². The number of allylic oxidation sites excluding steroid dienone is 2. The van der Waals surface area contributed by atoms with Crippen molar-refractivity contribution in [2.24, 2.45) is 23.2 Å². The van der Waals surface area contributed by atoms with Crippen LogP contribution in [-0.4, -0.2) is 11.6 Å². The summed E-state index contributed by atoms with van der Waals surface area (Å²) in [6.45, 7) is 14.5. The number of unbranched alkanes of at least 4 members (excludes halogenated alkanes) is 3. The Kier molecular flexibility index (Phi) is 7.89. The number of carbonyl (C=O) groups excluding carboxylic acids is 2. The minimum atomic E-state index is -0.249. The van der Waals surface area contributed by atoms with Crippen molar-refractivity contribution in [1.82, 2.24) is 0 Å². The third kappa shape index (κ3) is 5.29. The lowest BCUT2D eigenvalue weighted by Gasteiger charge is -2.34. The van der Waals surface area contributed by atoms with Crippen LogP contribution in [0.1, 0.15) is 93.4 Å². The first-order valence-electron chi connectivity index (χ1n) is 9.93. The Morgan fingerprint density at radius 3 is 2.04 bits per heavy atom. The topological polar surface area (TPSA) is 34.1 Å². The van der Waals surface area contributed by atoms with Gasteiger partial charge in [0, 0.05) is 23.0 Å². The molecule has 0 saturated carbocycles. The van der Waals surface area contributed by atoms with E-state index in [9.17, 15) is 9.59 Å². The van der Waals surface area contributed by atoms with E-state index in [4.69, 9.17) is 0 Å². The second-order valence-electron chi connectivity index (χ2n) is 8.90. The predicted octanol–water partition coefficient (Wildman–Crippen LogP) is 6.14. The molecule has 0 saturated heterocycles. The summed E-state index contributed by atoms with van der Waals surface area (Å²) in [4.78, 5) is 25.7. The second kappa shape index (κ2) is 8.97. The molecule has 0 aromatic rings. The number of Topliss-reactive ketones (excluding diaryl/α,β-unsaturated/α-hetero) is 2. The van der Waals surface area contributed by atoms with Crippen LogP contribution in [0.2, 0.25) is 0 Å². The van der Waals surface area contributed by atoms with Crippen molar-refractivity contribution < 1.29 is 9.59 Å². The third-order valence-electron chi connectivity index (χ3n) is 5.61. The van der Waals surface area contributed by atoms with Crippen molar-refractivity contribution in [3.8, 4) is 0 Å². The molecule has 0 aromatic heterocycles. The van der Waals surface area contributed by atoms with Gasteiger partial charge in [-0.05, 0) is 24.2 Å². The lowest BCUT2D eigenvalue weighted by molar-refractivity contribution is -0.130. The smallest absolute Gasteiger partial charge is 0.163 e. The summed E-state index contributed by atoms with van der Waals surface area (Å²) >= 11 is 0. The number of rotatable bonds is 8. The van der Waals surface area contributed by atoms with E-state index in [2.05, 4.69) is 34.6 Å². The molecule has 0 aromatic carbocycles. The molecule has 0 amide bonds. The summed E-state index contributed by atoms with van der Waals surface area (Å²) in [5, 5.41) is 0. The van der Waals surface area contributed by atoms with Crippen molar-refractivity contribution in [3.63, 3.8) is 0 Å². The third-order valence-corrected chi connectivity index (χ3v) is 5.61. The van der Waals surface area contributed by atoms with Gasteiger partial charge >= 0.3 is 0 Å². The highest BCUT2D eigenvalue weighted by Crippen LogP contribution is 2.40. The molecule has 1 rings (SSSR count). The number of ketones is 2. The van der Waals surface area contributed by atoms with Gasteiger partial charge < -0.3 is 0 Å². The Morgan fingerprint density at radius 1 is 0.917 bits per heavy atom. The molecule has 138 valence electrons. The monoisotopic (exact) mass is 334 g/mol. The van der Waals surface area contributed by atoms with Gasteiger partial charge in [-0.1, -0.05) is 80.6 Å². The van der Waals surface area contributed by atoms with Crippen LogP contribution in [0.4, 0.5) is 0 Å². The van der Waals surface area contributed by atoms with Gasteiger partial charge in [0.15, 0.2) is 11.6 Å².